The normalized spacial score (nSPS) is 47.9. The summed E-state index contributed by atoms with van der Waals surface area (Å²) in [7, 11) is 0. The molecule has 0 amide bonds. The lowest BCUT2D eigenvalue weighted by Gasteiger charge is -2.60. The Bertz CT molecular complexity index is 621. The Morgan fingerprint density at radius 3 is 2.74 bits per heavy atom. The zero-order chi connectivity index (χ0) is 19.4. The summed E-state index contributed by atoms with van der Waals surface area (Å²) in [6, 6.07) is 0. The van der Waals surface area contributed by atoms with E-state index in [1.807, 2.05) is 0 Å². The maximum Gasteiger partial charge on any atom is 0.139 e. The third kappa shape index (κ3) is 3.05. The number of Topliss-reactive ketones (excluding diaryl/α,β-unsaturated/α-hetero) is 1. The molecule has 0 heterocycles. The first-order valence-corrected chi connectivity index (χ1v) is 12.5. The van der Waals surface area contributed by atoms with E-state index in [0.717, 1.165) is 50.7 Å². The first-order chi connectivity index (χ1) is 12.8. The van der Waals surface area contributed by atoms with Crippen LogP contribution in [0.3, 0.4) is 0 Å². The maximum absolute atomic E-state index is 12.7. The molecule has 4 fully saturated rings. The molecule has 0 aromatic heterocycles. The molecule has 2 N–H and O–H groups in total. The molecule has 152 valence electrons. The topological polar surface area (TPSA) is 66.2 Å². The average Bonchev–Trinajstić information content (AvgIpc) is 2.95. The number of carbonyl (C=O) groups is 1. The zero-order valence-corrected chi connectivity index (χ0v) is 18.0. The summed E-state index contributed by atoms with van der Waals surface area (Å²) >= 11 is -0.731. The summed E-state index contributed by atoms with van der Waals surface area (Å²) in [5, 5.41) is 0.348. The highest BCUT2D eigenvalue weighted by atomic mass is 32.2. The van der Waals surface area contributed by atoms with Crippen LogP contribution in [-0.2, 0) is 16.0 Å². The molecule has 4 heteroatoms. The van der Waals surface area contributed by atoms with E-state index in [-0.39, 0.29) is 5.41 Å². The van der Waals surface area contributed by atoms with Crippen molar-refractivity contribution in [3.05, 3.63) is 12.2 Å². The van der Waals surface area contributed by atoms with Crippen molar-refractivity contribution in [3.63, 3.8) is 0 Å². The first-order valence-electron chi connectivity index (χ1n) is 11.1. The van der Waals surface area contributed by atoms with E-state index in [1.54, 1.807) is 0 Å². The highest BCUT2D eigenvalue weighted by molar-refractivity contribution is 7.92. The van der Waals surface area contributed by atoms with Gasteiger partial charge in [0.05, 0.1) is 0 Å². The second-order valence-electron chi connectivity index (χ2n) is 10.3. The number of fused-ring (bicyclic) bond motifs is 5. The van der Waals surface area contributed by atoms with Crippen molar-refractivity contribution in [2.45, 2.75) is 76.9 Å². The van der Waals surface area contributed by atoms with E-state index in [1.165, 1.54) is 18.4 Å². The van der Waals surface area contributed by atoms with E-state index >= 15 is 0 Å². The molecule has 27 heavy (non-hydrogen) atoms. The van der Waals surface area contributed by atoms with Gasteiger partial charge in [-0.05, 0) is 80.6 Å². The molecular weight excluding hydrogens is 354 g/mol. The van der Waals surface area contributed by atoms with Gasteiger partial charge in [0.15, 0.2) is 0 Å². The zero-order valence-electron chi connectivity index (χ0n) is 17.2. The summed E-state index contributed by atoms with van der Waals surface area (Å²) < 4.78 is 12.7. The van der Waals surface area contributed by atoms with Crippen LogP contribution in [0.25, 0.3) is 0 Å². The minimum Gasteiger partial charge on any atom is -0.616 e. The van der Waals surface area contributed by atoms with Crippen LogP contribution in [0.5, 0.6) is 0 Å². The van der Waals surface area contributed by atoms with Gasteiger partial charge in [-0.1, -0.05) is 37.2 Å². The molecule has 8 atom stereocenters. The Labute approximate surface area is 168 Å². The summed E-state index contributed by atoms with van der Waals surface area (Å²) in [6.45, 7) is 9.94. The molecule has 0 aliphatic heterocycles. The predicted octanol–water partition coefficient (Wildman–Crippen LogP) is 4.23. The largest absolute Gasteiger partial charge is 0.616 e. The van der Waals surface area contributed by atoms with E-state index in [0.29, 0.717) is 46.7 Å². The number of hydrogen-bond donors (Lipinski definition) is 1. The molecule has 3 nitrogen and oxygen atoms in total. The van der Waals surface area contributed by atoms with Gasteiger partial charge in [0.25, 0.3) is 0 Å². The smallest absolute Gasteiger partial charge is 0.139 e. The Balaban J connectivity index is 1.54. The first kappa shape index (κ1) is 20.0. The van der Waals surface area contributed by atoms with Gasteiger partial charge in [-0.25, -0.2) is 0 Å². The van der Waals surface area contributed by atoms with Crippen molar-refractivity contribution in [2.24, 2.45) is 40.2 Å². The lowest BCUT2D eigenvalue weighted by molar-refractivity contribution is -0.134. The average molecular weight is 392 g/mol. The van der Waals surface area contributed by atoms with Crippen LogP contribution in [0.4, 0.5) is 0 Å². The molecule has 2 unspecified atom stereocenters. The second kappa shape index (κ2) is 7.18. The molecule has 0 aromatic rings. The summed E-state index contributed by atoms with van der Waals surface area (Å²) in [6.07, 6.45) is 9.44. The van der Waals surface area contributed by atoms with Crippen molar-refractivity contribution in [1.82, 2.24) is 0 Å². The molecule has 0 spiro atoms. The SMILES string of the molecule is C=C1CC2C[C@H]([S+]([O-])CCCN)CC[C@]2(C)[C@H]2CC[C@]3(C)C(=O)CC[C@H]3[C@H]12. The second-order valence-corrected chi connectivity index (χ2v) is 12.2. The highest BCUT2D eigenvalue weighted by Crippen LogP contribution is 2.66. The van der Waals surface area contributed by atoms with Crippen molar-refractivity contribution >= 4 is 17.0 Å². The quantitative estimate of drug-likeness (QED) is 0.576. The Hall–Kier alpha value is -0.320. The molecule has 4 rings (SSSR count). The van der Waals surface area contributed by atoms with Gasteiger partial charge >= 0.3 is 0 Å². The fraction of sp³-hybridized carbons (Fsp3) is 0.870. The molecule has 4 aliphatic carbocycles. The van der Waals surface area contributed by atoms with Gasteiger partial charge in [-0.15, -0.1) is 0 Å². The lowest BCUT2D eigenvalue weighted by atomic mass is 9.44. The van der Waals surface area contributed by atoms with Crippen molar-refractivity contribution in [3.8, 4) is 0 Å². The third-order valence-corrected chi connectivity index (χ3v) is 11.1. The highest BCUT2D eigenvalue weighted by Gasteiger charge is 2.61. The Morgan fingerprint density at radius 2 is 2.00 bits per heavy atom. The van der Waals surface area contributed by atoms with E-state index in [4.69, 9.17) is 5.73 Å². The number of carbonyl (C=O) groups excluding carboxylic acids is 1. The Kier molecular flexibility index (Phi) is 5.31. The van der Waals surface area contributed by atoms with E-state index in [2.05, 4.69) is 20.4 Å². The van der Waals surface area contributed by atoms with Gasteiger partial charge in [0.2, 0.25) is 0 Å². The number of nitrogens with two attached hydrogens (primary N) is 1. The number of ketones is 1. The van der Waals surface area contributed by atoms with Gasteiger partial charge in [0, 0.05) is 18.3 Å². The fourth-order valence-electron chi connectivity index (χ4n) is 7.49. The lowest BCUT2D eigenvalue weighted by Crippen LogP contribution is -2.55. The van der Waals surface area contributed by atoms with E-state index in [9.17, 15) is 9.35 Å². The standard InChI is InChI=1S/C23H37NO2S/c1-15-13-16-14-17(27(26)12-4-11-24)7-9-22(16,2)19-8-10-23(3)18(21(15)19)5-6-20(23)25/h16-19,21H,1,4-14,24H2,2-3H3/t16?,17-,18+,19+,21+,22+,23+,27?/m1/s1. The molecule has 4 saturated carbocycles. The monoisotopic (exact) mass is 391 g/mol. The van der Waals surface area contributed by atoms with Crippen LogP contribution in [0, 0.1) is 34.5 Å². The Morgan fingerprint density at radius 1 is 1.22 bits per heavy atom. The number of rotatable bonds is 4. The maximum atomic E-state index is 12.7. The van der Waals surface area contributed by atoms with Crippen LogP contribution in [0.2, 0.25) is 0 Å². The number of allylic oxidation sites excluding steroid dienone is 1. The van der Waals surface area contributed by atoms with Gasteiger partial charge in [0.1, 0.15) is 16.8 Å². The summed E-state index contributed by atoms with van der Waals surface area (Å²) in [5.41, 5.74) is 7.27. The van der Waals surface area contributed by atoms with Crippen LogP contribution in [0.1, 0.15) is 71.6 Å². The minimum atomic E-state index is -0.731. The van der Waals surface area contributed by atoms with Gasteiger partial charge in [-0.2, -0.15) is 0 Å². The molecule has 4 aliphatic rings. The van der Waals surface area contributed by atoms with Crippen molar-refractivity contribution in [1.29, 1.82) is 0 Å². The van der Waals surface area contributed by atoms with Gasteiger partial charge < -0.3 is 10.3 Å². The fourth-order valence-corrected chi connectivity index (χ4v) is 9.10. The van der Waals surface area contributed by atoms with Crippen LogP contribution in [0.15, 0.2) is 12.2 Å². The van der Waals surface area contributed by atoms with Crippen molar-refractivity contribution in [2.75, 3.05) is 12.3 Å². The summed E-state index contributed by atoms with van der Waals surface area (Å²) in [5.74, 6) is 3.62. The molecule has 0 saturated heterocycles. The van der Waals surface area contributed by atoms with Crippen molar-refractivity contribution < 1.29 is 9.35 Å². The van der Waals surface area contributed by atoms with Gasteiger partial charge in [-0.3, -0.25) is 4.79 Å². The molecule has 0 aromatic carbocycles. The number of hydrogen-bond acceptors (Lipinski definition) is 3. The minimum absolute atomic E-state index is 0.0891. The third-order valence-electron chi connectivity index (χ3n) is 9.21. The van der Waals surface area contributed by atoms with Crippen LogP contribution in [-0.4, -0.2) is 27.9 Å². The van der Waals surface area contributed by atoms with Crippen LogP contribution >= 0.6 is 0 Å². The predicted molar refractivity (Wildman–Crippen MR) is 112 cm³/mol. The summed E-state index contributed by atoms with van der Waals surface area (Å²) in [4.78, 5) is 12.6. The van der Waals surface area contributed by atoms with E-state index < -0.39 is 11.2 Å². The van der Waals surface area contributed by atoms with Crippen LogP contribution < -0.4 is 5.73 Å². The molecule has 0 radical (unpaired) electrons. The molecule has 0 bridgehead atoms. The molecular formula is C23H37NO2S.